The van der Waals surface area contributed by atoms with Crippen LogP contribution in [0.4, 0.5) is 8.78 Å². The molecule has 0 aliphatic heterocycles. The molecule has 0 radical (unpaired) electrons. The Labute approximate surface area is 138 Å². The van der Waals surface area contributed by atoms with E-state index >= 15 is 0 Å². The zero-order valence-electron chi connectivity index (χ0n) is 12.3. The lowest BCUT2D eigenvalue weighted by Gasteiger charge is -2.12. The zero-order valence-corrected chi connectivity index (χ0v) is 13.1. The van der Waals surface area contributed by atoms with E-state index in [2.05, 4.69) is 0 Å². The maximum absolute atomic E-state index is 13.8. The highest BCUT2D eigenvalue weighted by atomic mass is 35.5. The Balaban J connectivity index is 2.22. The standard InChI is InChI=1S/C19H13ClF2O/c1-23-19-8-7-13(9-16(19)20)15-11-18(22)17(21)10-14(15)12-5-3-2-4-6-12/h2-11H,1H3. The molecule has 0 bridgehead atoms. The van der Waals surface area contributed by atoms with Gasteiger partial charge in [0.1, 0.15) is 5.75 Å². The van der Waals surface area contributed by atoms with Crippen LogP contribution >= 0.6 is 11.6 Å². The summed E-state index contributed by atoms with van der Waals surface area (Å²) in [5, 5.41) is 0.411. The van der Waals surface area contributed by atoms with Crippen molar-refractivity contribution in [1.29, 1.82) is 0 Å². The van der Waals surface area contributed by atoms with Crippen molar-refractivity contribution in [2.45, 2.75) is 0 Å². The third-order valence-corrected chi connectivity index (χ3v) is 3.90. The second-order valence-electron chi connectivity index (χ2n) is 5.03. The normalized spacial score (nSPS) is 10.6. The molecule has 116 valence electrons. The van der Waals surface area contributed by atoms with E-state index in [0.717, 1.165) is 5.56 Å². The molecule has 0 spiro atoms. The molecule has 0 saturated carbocycles. The van der Waals surface area contributed by atoms with Crippen molar-refractivity contribution in [3.63, 3.8) is 0 Å². The van der Waals surface area contributed by atoms with Crippen LogP contribution in [0.15, 0.2) is 60.7 Å². The molecular weight excluding hydrogens is 318 g/mol. The highest BCUT2D eigenvalue weighted by Crippen LogP contribution is 2.37. The van der Waals surface area contributed by atoms with Gasteiger partial charge < -0.3 is 4.74 Å². The molecule has 3 aromatic rings. The summed E-state index contributed by atoms with van der Waals surface area (Å²) in [6.07, 6.45) is 0. The van der Waals surface area contributed by atoms with Gasteiger partial charge in [-0.15, -0.1) is 0 Å². The van der Waals surface area contributed by atoms with Gasteiger partial charge in [-0.25, -0.2) is 8.78 Å². The minimum Gasteiger partial charge on any atom is -0.495 e. The van der Waals surface area contributed by atoms with Gasteiger partial charge in [0.2, 0.25) is 0 Å². The van der Waals surface area contributed by atoms with Crippen molar-refractivity contribution < 1.29 is 13.5 Å². The van der Waals surface area contributed by atoms with E-state index in [4.69, 9.17) is 16.3 Å². The lowest BCUT2D eigenvalue weighted by Crippen LogP contribution is -1.92. The molecule has 23 heavy (non-hydrogen) atoms. The second-order valence-corrected chi connectivity index (χ2v) is 5.43. The number of ether oxygens (including phenoxy) is 1. The molecule has 3 rings (SSSR count). The molecule has 0 atom stereocenters. The summed E-state index contributed by atoms with van der Waals surface area (Å²) in [5.41, 5.74) is 2.66. The Morgan fingerprint density at radius 1 is 0.783 bits per heavy atom. The molecule has 1 nitrogen and oxygen atoms in total. The van der Waals surface area contributed by atoms with Gasteiger partial charge in [-0.1, -0.05) is 48.0 Å². The minimum absolute atomic E-state index is 0.411. The number of methoxy groups -OCH3 is 1. The van der Waals surface area contributed by atoms with E-state index in [1.165, 1.54) is 19.2 Å². The summed E-state index contributed by atoms with van der Waals surface area (Å²) in [6, 6.07) is 16.8. The molecule has 0 saturated heterocycles. The molecule has 0 aromatic heterocycles. The third kappa shape index (κ3) is 3.06. The maximum Gasteiger partial charge on any atom is 0.159 e. The number of hydrogen-bond donors (Lipinski definition) is 0. The van der Waals surface area contributed by atoms with Gasteiger partial charge >= 0.3 is 0 Å². The molecule has 0 amide bonds. The van der Waals surface area contributed by atoms with Crippen molar-refractivity contribution in [2.24, 2.45) is 0 Å². The maximum atomic E-state index is 13.8. The van der Waals surface area contributed by atoms with Gasteiger partial charge in [-0.2, -0.15) is 0 Å². The third-order valence-electron chi connectivity index (χ3n) is 3.61. The Morgan fingerprint density at radius 2 is 1.39 bits per heavy atom. The second kappa shape index (κ2) is 6.39. The van der Waals surface area contributed by atoms with Gasteiger partial charge in [0.05, 0.1) is 12.1 Å². The van der Waals surface area contributed by atoms with Crippen molar-refractivity contribution in [3.8, 4) is 28.0 Å². The first-order valence-corrected chi connectivity index (χ1v) is 7.36. The predicted octanol–water partition coefficient (Wildman–Crippen LogP) is 5.96. The fourth-order valence-electron chi connectivity index (χ4n) is 2.48. The molecule has 0 unspecified atom stereocenters. The molecule has 4 heteroatoms. The molecule has 3 aromatic carbocycles. The first-order valence-electron chi connectivity index (χ1n) is 6.98. The highest BCUT2D eigenvalue weighted by molar-refractivity contribution is 6.32. The monoisotopic (exact) mass is 330 g/mol. The number of hydrogen-bond acceptors (Lipinski definition) is 1. The van der Waals surface area contributed by atoms with E-state index in [-0.39, 0.29) is 0 Å². The molecule has 0 aliphatic rings. The van der Waals surface area contributed by atoms with Gasteiger partial charge in [0.15, 0.2) is 11.6 Å². The predicted molar refractivity (Wildman–Crippen MR) is 88.8 cm³/mol. The van der Waals surface area contributed by atoms with Crippen molar-refractivity contribution >= 4 is 11.6 Å². The largest absolute Gasteiger partial charge is 0.495 e. The van der Waals surface area contributed by atoms with Crippen LogP contribution in [-0.4, -0.2) is 7.11 Å². The van der Waals surface area contributed by atoms with Gasteiger partial charge in [-0.05, 0) is 46.5 Å². The number of benzene rings is 3. The van der Waals surface area contributed by atoms with Crippen molar-refractivity contribution in [1.82, 2.24) is 0 Å². The smallest absolute Gasteiger partial charge is 0.159 e. The van der Waals surface area contributed by atoms with Gasteiger partial charge in [-0.3, -0.25) is 0 Å². The Bertz CT molecular complexity index is 847. The van der Waals surface area contributed by atoms with Crippen LogP contribution in [0, 0.1) is 11.6 Å². The average molecular weight is 331 g/mol. The molecule has 0 heterocycles. The van der Waals surface area contributed by atoms with E-state index in [1.807, 2.05) is 30.3 Å². The summed E-state index contributed by atoms with van der Waals surface area (Å²) in [5.74, 6) is -1.25. The Morgan fingerprint density at radius 3 is 1.96 bits per heavy atom. The molecule has 0 fully saturated rings. The van der Waals surface area contributed by atoms with Crippen LogP contribution in [0.5, 0.6) is 5.75 Å². The van der Waals surface area contributed by atoms with Crippen LogP contribution in [0.25, 0.3) is 22.3 Å². The van der Waals surface area contributed by atoms with Crippen LogP contribution in [0.2, 0.25) is 5.02 Å². The SMILES string of the molecule is COc1ccc(-c2cc(F)c(F)cc2-c2ccccc2)cc1Cl. The van der Waals surface area contributed by atoms with E-state index in [9.17, 15) is 8.78 Å². The highest BCUT2D eigenvalue weighted by Gasteiger charge is 2.14. The fraction of sp³-hybridized carbons (Fsp3) is 0.0526. The summed E-state index contributed by atoms with van der Waals surface area (Å²) in [6.45, 7) is 0. The lowest BCUT2D eigenvalue weighted by molar-refractivity contribution is 0.415. The summed E-state index contributed by atoms with van der Waals surface area (Å²) >= 11 is 6.16. The molecule has 0 N–H and O–H groups in total. The van der Waals surface area contributed by atoms with Crippen LogP contribution in [0.3, 0.4) is 0 Å². The summed E-state index contributed by atoms with van der Waals surface area (Å²) in [4.78, 5) is 0. The van der Waals surface area contributed by atoms with Gasteiger partial charge in [0.25, 0.3) is 0 Å². The van der Waals surface area contributed by atoms with E-state index in [0.29, 0.717) is 27.5 Å². The Hall–Kier alpha value is -2.39. The lowest BCUT2D eigenvalue weighted by atomic mass is 9.94. The molecule has 0 aliphatic carbocycles. The first kappa shape index (κ1) is 15.5. The summed E-state index contributed by atoms with van der Waals surface area (Å²) < 4.78 is 32.6. The van der Waals surface area contributed by atoms with E-state index in [1.54, 1.807) is 18.2 Å². The van der Waals surface area contributed by atoms with Crippen molar-refractivity contribution in [2.75, 3.05) is 7.11 Å². The fourth-order valence-corrected chi connectivity index (χ4v) is 2.73. The number of halogens is 3. The average Bonchev–Trinajstić information content (AvgIpc) is 2.57. The minimum atomic E-state index is -0.897. The summed E-state index contributed by atoms with van der Waals surface area (Å²) in [7, 11) is 1.52. The number of rotatable bonds is 3. The van der Waals surface area contributed by atoms with Crippen molar-refractivity contribution in [3.05, 3.63) is 77.3 Å². The van der Waals surface area contributed by atoms with Crippen LogP contribution in [-0.2, 0) is 0 Å². The molecular formula is C19H13ClF2O. The topological polar surface area (TPSA) is 9.23 Å². The quantitative estimate of drug-likeness (QED) is 0.575. The van der Waals surface area contributed by atoms with Crippen LogP contribution in [0.1, 0.15) is 0 Å². The van der Waals surface area contributed by atoms with E-state index < -0.39 is 11.6 Å². The first-order chi connectivity index (χ1) is 11.1. The van der Waals surface area contributed by atoms with Crippen LogP contribution < -0.4 is 4.74 Å². The van der Waals surface area contributed by atoms with Gasteiger partial charge in [0, 0.05) is 0 Å². The Kier molecular flexibility index (Phi) is 4.30. The zero-order chi connectivity index (χ0) is 16.4.